The molecule has 0 aliphatic carbocycles. The molecule has 2 aromatic rings. The number of nitrogens with zero attached hydrogens (tertiary/aromatic N) is 2. The smallest absolute Gasteiger partial charge is 0.237 e. The van der Waals surface area contributed by atoms with Crippen LogP contribution in [-0.4, -0.2) is 53.7 Å². The summed E-state index contributed by atoms with van der Waals surface area (Å²) in [5.41, 5.74) is 0.864. The number of aromatic nitrogens is 1. The van der Waals surface area contributed by atoms with E-state index in [2.05, 4.69) is 15.2 Å². The van der Waals surface area contributed by atoms with Crippen LogP contribution in [0.25, 0.3) is 0 Å². The molecule has 0 bridgehead atoms. The van der Waals surface area contributed by atoms with E-state index in [0.29, 0.717) is 19.0 Å². The van der Waals surface area contributed by atoms with Crippen LogP contribution < -0.4 is 10.1 Å². The van der Waals surface area contributed by atoms with Gasteiger partial charge in [0.2, 0.25) is 5.91 Å². The largest absolute Gasteiger partial charge is 0.489 e. The van der Waals surface area contributed by atoms with E-state index < -0.39 is 0 Å². The first-order valence-corrected chi connectivity index (χ1v) is 10.0. The van der Waals surface area contributed by atoms with Gasteiger partial charge in [-0.05, 0) is 37.1 Å². The summed E-state index contributed by atoms with van der Waals surface area (Å²) < 4.78 is 11.7. The van der Waals surface area contributed by atoms with Gasteiger partial charge >= 0.3 is 0 Å². The quantitative estimate of drug-likeness (QED) is 0.833. The lowest BCUT2D eigenvalue weighted by Gasteiger charge is -2.34. The van der Waals surface area contributed by atoms with Crippen LogP contribution in [0.2, 0.25) is 0 Å². The Labute approximate surface area is 165 Å². The minimum atomic E-state index is -0.180. The molecular formula is C22H27N3O3. The third-order valence-corrected chi connectivity index (χ3v) is 5.48. The Morgan fingerprint density at radius 2 is 1.93 bits per heavy atom. The molecule has 2 aliphatic rings. The van der Waals surface area contributed by atoms with Crippen molar-refractivity contribution in [2.45, 2.75) is 44.0 Å². The molecule has 1 N–H and O–H groups in total. The number of likely N-dealkylation sites (tertiary alicyclic amines) is 1. The standard InChI is InChI=1S/C22H27N3O3/c26-22(24-15-17-6-4-5-11-23-17)21-14-20(28-19-7-2-1-3-8-19)16-25(21)18-9-12-27-13-10-18/h1-8,11,18,20-21H,9-10,12-16H2,(H,24,26)/t20-,21-/m0/s1. The second kappa shape index (κ2) is 9.17. The van der Waals surface area contributed by atoms with Gasteiger partial charge in [0.25, 0.3) is 0 Å². The minimum absolute atomic E-state index is 0.0100. The summed E-state index contributed by atoms with van der Waals surface area (Å²) in [6.45, 7) is 2.73. The molecule has 2 atom stereocenters. The molecule has 2 saturated heterocycles. The summed E-state index contributed by atoms with van der Waals surface area (Å²) in [5, 5.41) is 3.06. The topological polar surface area (TPSA) is 63.7 Å². The van der Waals surface area contributed by atoms with Crippen LogP contribution in [0.15, 0.2) is 54.7 Å². The lowest BCUT2D eigenvalue weighted by Crippen LogP contribution is -2.49. The van der Waals surface area contributed by atoms with Crippen molar-refractivity contribution in [1.29, 1.82) is 0 Å². The second-order valence-electron chi connectivity index (χ2n) is 7.38. The van der Waals surface area contributed by atoms with Crippen LogP contribution in [0, 0.1) is 0 Å². The number of ether oxygens (including phenoxy) is 2. The summed E-state index contributed by atoms with van der Waals surface area (Å²) in [6, 6.07) is 15.8. The van der Waals surface area contributed by atoms with Crippen LogP contribution in [0.3, 0.4) is 0 Å². The number of pyridine rings is 1. The molecule has 0 spiro atoms. The maximum absolute atomic E-state index is 13.0. The number of benzene rings is 1. The van der Waals surface area contributed by atoms with Crippen LogP contribution in [-0.2, 0) is 16.1 Å². The maximum Gasteiger partial charge on any atom is 0.237 e. The van der Waals surface area contributed by atoms with E-state index in [1.165, 1.54) is 0 Å². The summed E-state index contributed by atoms with van der Waals surface area (Å²) >= 11 is 0. The molecule has 148 valence electrons. The van der Waals surface area contributed by atoms with Gasteiger partial charge in [-0.15, -0.1) is 0 Å². The molecule has 0 saturated carbocycles. The molecule has 28 heavy (non-hydrogen) atoms. The molecule has 1 aromatic carbocycles. The minimum Gasteiger partial charge on any atom is -0.489 e. The van der Waals surface area contributed by atoms with Crippen LogP contribution in [0.5, 0.6) is 5.75 Å². The first-order valence-electron chi connectivity index (χ1n) is 10.0. The van der Waals surface area contributed by atoms with Crippen molar-refractivity contribution in [3.63, 3.8) is 0 Å². The summed E-state index contributed by atoms with van der Waals surface area (Å²) in [4.78, 5) is 19.6. The van der Waals surface area contributed by atoms with Crippen molar-refractivity contribution < 1.29 is 14.3 Å². The molecule has 1 aromatic heterocycles. The number of rotatable bonds is 6. The molecule has 2 fully saturated rings. The first kappa shape index (κ1) is 18.9. The predicted molar refractivity (Wildman–Crippen MR) is 106 cm³/mol. The van der Waals surface area contributed by atoms with Gasteiger partial charge in [-0.2, -0.15) is 0 Å². The zero-order chi connectivity index (χ0) is 19.2. The molecular weight excluding hydrogens is 354 g/mol. The van der Waals surface area contributed by atoms with Gasteiger partial charge in [0.15, 0.2) is 0 Å². The van der Waals surface area contributed by atoms with E-state index in [0.717, 1.165) is 44.0 Å². The van der Waals surface area contributed by atoms with E-state index in [1.807, 2.05) is 48.5 Å². The third kappa shape index (κ3) is 4.69. The van der Waals surface area contributed by atoms with Crippen LogP contribution >= 0.6 is 0 Å². The lowest BCUT2D eigenvalue weighted by atomic mass is 10.1. The van der Waals surface area contributed by atoms with Gasteiger partial charge in [0, 0.05) is 38.4 Å². The van der Waals surface area contributed by atoms with Gasteiger partial charge in [0.1, 0.15) is 11.9 Å². The SMILES string of the molecule is O=C(NCc1ccccn1)[C@@H]1C[C@H](Oc2ccccc2)CN1C1CCOCC1. The summed E-state index contributed by atoms with van der Waals surface area (Å²) in [5.74, 6) is 0.908. The van der Waals surface area contributed by atoms with Gasteiger partial charge in [-0.25, -0.2) is 0 Å². The Bertz CT molecular complexity index is 750. The molecule has 2 aliphatic heterocycles. The highest BCUT2D eigenvalue weighted by Gasteiger charge is 2.41. The summed E-state index contributed by atoms with van der Waals surface area (Å²) in [7, 11) is 0. The Morgan fingerprint density at radius 1 is 1.14 bits per heavy atom. The highest BCUT2D eigenvalue weighted by atomic mass is 16.5. The third-order valence-electron chi connectivity index (χ3n) is 5.48. The zero-order valence-corrected chi connectivity index (χ0v) is 16.0. The second-order valence-corrected chi connectivity index (χ2v) is 7.38. The van der Waals surface area contributed by atoms with E-state index in [4.69, 9.17) is 9.47 Å². The number of carbonyl (C=O) groups is 1. The van der Waals surface area contributed by atoms with Crippen molar-refractivity contribution in [2.75, 3.05) is 19.8 Å². The van der Waals surface area contributed by atoms with Crippen molar-refractivity contribution in [1.82, 2.24) is 15.2 Å². The fraction of sp³-hybridized carbons (Fsp3) is 0.455. The van der Waals surface area contributed by atoms with E-state index in [1.54, 1.807) is 6.20 Å². The summed E-state index contributed by atoms with van der Waals surface area (Å²) in [6.07, 6.45) is 4.37. The zero-order valence-electron chi connectivity index (χ0n) is 16.0. The van der Waals surface area contributed by atoms with E-state index in [-0.39, 0.29) is 18.1 Å². The van der Waals surface area contributed by atoms with E-state index in [9.17, 15) is 4.79 Å². The van der Waals surface area contributed by atoms with Crippen molar-refractivity contribution in [3.8, 4) is 5.75 Å². The molecule has 3 heterocycles. The fourth-order valence-electron chi connectivity index (χ4n) is 4.07. The normalized spacial score (nSPS) is 23.4. The first-order chi connectivity index (χ1) is 13.8. The maximum atomic E-state index is 13.0. The Kier molecular flexibility index (Phi) is 6.19. The van der Waals surface area contributed by atoms with Gasteiger partial charge in [-0.3, -0.25) is 14.7 Å². The molecule has 0 unspecified atom stereocenters. The lowest BCUT2D eigenvalue weighted by molar-refractivity contribution is -0.127. The number of hydrogen-bond acceptors (Lipinski definition) is 5. The van der Waals surface area contributed by atoms with E-state index >= 15 is 0 Å². The van der Waals surface area contributed by atoms with Crippen LogP contribution in [0.1, 0.15) is 25.0 Å². The Balaban J connectivity index is 1.42. The molecule has 4 rings (SSSR count). The van der Waals surface area contributed by atoms with Crippen molar-refractivity contribution in [2.24, 2.45) is 0 Å². The Morgan fingerprint density at radius 3 is 2.68 bits per heavy atom. The van der Waals surface area contributed by atoms with Crippen molar-refractivity contribution in [3.05, 3.63) is 60.4 Å². The average molecular weight is 381 g/mol. The van der Waals surface area contributed by atoms with Crippen molar-refractivity contribution >= 4 is 5.91 Å². The molecule has 1 amide bonds. The monoisotopic (exact) mass is 381 g/mol. The molecule has 6 heteroatoms. The fourth-order valence-corrected chi connectivity index (χ4v) is 4.07. The molecule has 6 nitrogen and oxygen atoms in total. The van der Waals surface area contributed by atoms with Crippen LogP contribution in [0.4, 0.5) is 0 Å². The highest BCUT2D eigenvalue weighted by Crippen LogP contribution is 2.28. The Hall–Kier alpha value is -2.44. The number of amides is 1. The highest BCUT2D eigenvalue weighted by molar-refractivity contribution is 5.82. The molecule has 0 radical (unpaired) electrons. The average Bonchev–Trinajstić information content (AvgIpc) is 3.18. The van der Waals surface area contributed by atoms with Gasteiger partial charge < -0.3 is 14.8 Å². The number of hydrogen-bond donors (Lipinski definition) is 1. The number of nitrogens with one attached hydrogen (secondary N) is 1. The number of carbonyl (C=O) groups excluding carboxylic acids is 1. The van der Waals surface area contributed by atoms with Gasteiger partial charge in [0.05, 0.1) is 18.3 Å². The number of para-hydroxylation sites is 1. The van der Waals surface area contributed by atoms with Gasteiger partial charge in [-0.1, -0.05) is 24.3 Å². The predicted octanol–water partition coefficient (Wildman–Crippen LogP) is 2.40.